The van der Waals surface area contributed by atoms with Crippen LogP contribution in [0, 0.1) is 0 Å². The van der Waals surface area contributed by atoms with Crippen LogP contribution in [0.25, 0.3) is 22.4 Å². The molecule has 1 aliphatic rings. The van der Waals surface area contributed by atoms with Crippen molar-refractivity contribution in [2.45, 2.75) is 13.0 Å². The van der Waals surface area contributed by atoms with Crippen LogP contribution in [-0.2, 0) is 13.0 Å². The lowest BCUT2D eigenvalue weighted by atomic mass is 9.86. The first-order valence-corrected chi connectivity index (χ1v) is 8.71. The molecule has 4 rings (SSSR count). The second kappa shape index (κ2) is 5.56. The molecule has 0 amide bonds. The molecule has 1 aromatic carbocycles. The Hall–Kier alpha value is -2.47. The number of carbonyl (C=O) groups is 1. The highest BCUT2D eigenvalue weighted by atomic mass is 32.1. The van der Waals surface area contributed by atoms with E-state index in [0.29, 0.717) is 12.2 Å². The molecule has 0 bridgehead atoms. The predicted octanol–water partition coefficient (Wildman–Crippen LogP) is 2.40. The third kappa shape index (κ3) is 2.18. The quantitative estimate of drug-likeness (QED) is 0.747. The van der Waals surface area contributed by atoms with E-state index in [2.05, 4.69) is 11.4 Å². The molecule has 0 saturated heterocycles. The fourth-order valence-corrected chi connectivity index (χ4v) is 4.17. The number of hydrogen-bond acceptors (Lipinski definition) is 3. The average molecular weight is 337 g/mol. The van der Waals surface area contributed by atoms with Gasteiger partial charge in [-0.3, -0.25) is 0 Å². The van der Waals surface area contributed by atoms with Crippen molar-refractivity contribution >= 4 is 30.6 Å². The fourth-order valence-electron chi connectivity index (χ4n) is 3.51. The van der Waals surface area contributed by atoms with Crippen molar-refractivity contribution < 1.29 is 14.6 Å². The minimum atomic E-state index is -0.889. The van der Waals surface area contributed by atoms with E-state index in [1.54, 1.807) is 24.5 Å². The topological polar surface area (TPSA) is 51.5 Å². The summed E-state index contributed by atoms with van der Waals surface area (Å²) in [5.74, 6) is -0.0585. The van der Waals surface area contributed by atoms with Gasteiger partial charge >= 0.3 is 5.97 Å². The minimum absolute atomic E-state index is 0.344. The number of benzene rings is 1. The van der Waals surface area contributed by atoms with Gasteiger partial charge in [0.25, 0.3) is 0 Å². The van der Waals surface area contributed by atoms with E-state index < -0.39 is 5.97 Å². The van der Waals surface area contributed by atoms with Crippen molar-refractivity contribution in [1.82, 2.24) is 4.57 Å². The lowest BCUT2D eigenvalue weighted by Gasteiger charge is -2.23. The number of aryl methyl sites for hydroxylation is 1. The molecule has 0 radical (unpaired) electrons. The van der Waals surface area contributed by atoms with Gasteiger partial charge in [-0.2, -0.15) is 11.3 Å². The number of fused-ring (bicyclic) bond motifs is 3. The average Bonchev–Trinajstić information content (AvgIpc) is 3.21. The van der Waals surface area contributed by atoms with Gasteiger partial charge in [0, 0.05) is 17.7 Å². The molecule has 120 valence electrons. The smallest absolute Gasteiger partial charge is 0.352 e. The van der Waals surface area contributed by atoms with Crippen LogP contribution in [0.15, 0.2) is 35.0 Å². The lowest BCUT2D eigenvalue weighted by molar-refractivity contribution is 0.0685. The molecule has 4 nitrogen and oxygen atoms in total. The monoisotopic (exact) mass is 337 g/mol. The molecule has 1 aliphatic heterocycles. The fraction of sp³-hybridized carbons (Fsp3) is 0.167. The van der Waals surface area contributed by atoms with Crippen LogP contribution in [0.4, 0.5) is 0 Å². The molecule has 6 heteroatoms. The Balaban J connectivity index is 2.03. The number of nitrogens with zero attached hydrogens (tertiary/aromatic N) is 1. The first-order valence-electron chi connectivity index (χ1n) is 7.77. The number of aromatic nitrogens is 1. The van der Waals surface area contributed by atoms with E-state index in [9.17, 15) is 9.90 Å². The van der Waals surface area contributed by atoms with E-state index in [1.807, 2.05) is 29.9 Å². The molecular formula is C18H16BNO3S. The van der Waals surface area contributed by atoms with Gasteiger partial charge in [0.15, 0.2) is 0 Å². The van der Waals surface area contributed by atoms with Crippen LogP contribution in [0.3, 0.4) is 0 Å². The number of rotatable bonds is 3. The van der Waals surface area contributed by atoms with E-state index >= 15 is 0 Å². The summed E-state index contributed by atoms with van der Waals surface area (Å²) in [6.45, 7) is 0.680. The Labute approximate surface area is 144 Å². The molecule has 0 aliphatic carbocycles. The molecular weight excluding hydrogens is 321 g/mol. The first-order chi connectivity index (χ1) is 11.6. The number of methoxy groups -OCH3 is 1. The summed E-state index contributed by atoms with van der Waals surface area (Å²) in [5, 5.41) is 13.7. The molecule has 0 fully saturated rings. The van der Waals surface area contributed by atoms with Gasteiger partial charge in [-0.05, 0) is 52.0 Å². The Morgan fingerprint density at radius 1 is 1.33 bits per heavy atom. The summed E-state index contributed by atoms with van der Waals surface area (Å²) in [7, 11) is 3.70. The van der Waals surface area contributed by atoms with Crippen molar-refractivity contribution in [3.63, 3.8) is 0 Å². The molecule has 0 saturated carbocycles. The number of carboxylic acid groups (broad SMARTS) is 1. The SMILES string of the molecule is Bc1cc2c(cc1OC)-c1c(-c3ccsc3)cc(C(=O)O)n1CC2. The van der Waals surface area contributed by atoms with Gasteiger partial charge in [0.1, 0.15) is 19.3 Å². The normalized spacial score (nSPS) is 12.5. The van der Waals surface area contributed by atoms with Crippen molar-refractivity contribution in [2.75, 3.05) is 7.11 Å². The van der Waals surface area contributed by atoms with Crippen LogP contribution >= 0.6 is 11.3 Å². The number of carboxylic acids is 1. The number of aromatic carboxylic acids is 1. The van der Waals surface area contributed by atoms with Crippen molar-refractivity contribution in [1.29, 1.82) is 0 Å². The standard InChI is InChI=1S/C18H16BNO3S/c1-23-16-8-13-10(6-14(16)19)2-4-20-15(18(21)22)7-12(17(13)20)11-3-5-24-9-11/h3,5-9H,2,4,19H2,1H3,(H,21,22). The zero-order valence-electron chi connectivity index (χ0n) is 13.5. The van der Waals surface area contributed by atoms with Crippen molar-refractivity contribution in [3.05, 3.63) is 46.3 Å². The maximum absolute atomic E-state index is 11.7. The van der Waals surface area contributed by atoms with Crippen LogP contribution in [0.5, 0.6) is 5.75 Å². The summed E-state index contributed by atoms with van der Waals surface area (Å²) in [4.78, 5) is 11.7. The highest BCUT2D eigenvalue weighted by molar-refractivity contribution is 7.08. The minimum Gasteiger partial charge on any atom is -0.497 e. The van der Waals surface area contributed by atoms with Gasteiger partial charge < -0.3 is 14.4 Å². The van der Waals surface area contributed by atoms with Crippen LogP contribution in [0.2, 0.25) is 0 Å². The molecule has 24 heavy (non-hydrogen) atoms. The molecule has 0 spiro atoms. The van der Waals surface area contributed by atoms with Gasteiger partial charge in [-0.15, -0.1) is 0 Å². The summed E-state index contributed by atoms with van der Waals surface area (Å²) < 4.78 is 7.41. The maximum Gasteiger partial charge on any atom is 0.352 e. The Morgan fingerprint density at radius 2 is 2.17 bits per heavy atom. The van der Waals surface area contributed by atoms with Crippen LogP contribution in [-0.4, -0.2) is 30.6 Å². The third-order valence-corrected chi connectivity index (χ3v) is 5.31. The van der Waals surface area contributed by atoms with Crippen LogP contribution in [0.1, 0.15) is 16.1 Å². The zero-order chi connectivity index (χ0) is 16.8. The van der Waals surface area contributed by atoms with E-state index in [0.717, 1.165) is 40.0 Å². The zero-order valence-corrected chi connectivity index (χ0v) is 14.3. The highest BCUT2D eigenvalue weighted by Gasteiger charge is 2.27. The number of thiophene rings is 1. The lowest BCUT2D eigenvalue weighted by Crippen LogP contribution is -2.18. The van der Waals surface area contributed by atoms with E-state index in [1.165, 1.54) is 5.56 Å². The van der Waals surface area contributed by atoms with Gasteiger partial charge in [-0.25, -0.2) is 4.79 Å². The van der Waals surface area contributed by atoms with E-state index in [-0.39, 0.29) is 0 Å². The maximum atomic E-state index is 11.7. The molecule has 2 aromatic heterocycles. The number of ether oxygens (including phenoxy) is 1. The summed E-state index contributed by atoms with van der Waals surface area (Å²) in [5.41, 5.74) is 6.77. The first kappa shape index (κ1) is 15.1. The second-order valence-electron chi connectivity index (χ2n) is 5.99. The third-order valence-electron chi connectivity index (χ3n) is 4.63. The van der Waals surface area contributed by atoms with Gasteiger partial charge in [0.05, 0.1) is 12.8 Å². The summed E-state index contributed by atoms with van der Waals surface area (Å²) >= 11 is 1.61. The Kier molecular flexibility index (Phi) is 3.50. The predicted molar refractivity (Wildman–Crippen MR) is 98.6 cm³/mol. The molecule has 3 aromatic rings. The van der Waals surface area contributed by atoms with Crippen molar-refractivity contribution in [3.8, 4) is 28.1 Å². The van der Waals surface area contributed by atoms with Crippen molar-refractivity contribution in [2.24, 2.45) is 0 Å². The Morgan fingerprint density at radius 3 is 2.83 bits per heavy atom. The van der Waals surface area contributed by atoms with E-state index in [4.69, 9.17) is 4.74 Å². The molecule has 1 N–H and O–H groups in total. The summed E-state index contributed by atoms with van der Waals surface area (Å²) in [6, 6.07) is 8.02. The molecule has 0 atom stereocenters. The summed E-state index contributed by atoms with van der Waals surface area (Å²) in [6.07, 6.45) is 0.825. The van der Waals surface area contributed by atoms with Gasteiger partial charge in [0.2, 0.25) is 0 Å². The molecule has 0 unspecified atom stereocenters. The van der Waals surface area contributed by atoms with Gasteiger partial charge in [-0.1, -0.05) is 6.07 Å². The highest BCUT2D eigenvalue weighted by Crippen LogP contribution is 2.41. The Bertz CT molecular complexity index is 944. The van der Waals surface area contributed by atoms with Crippen LogP contribution < -0.4 is 10.2 Å². The molecule has 3 heterocycles. The largest absolute Gasteiger partial charge is 0.497 e. The number of hydrogen-bond donors (Lipinski definition) is 1. The second-order valence-corrected chi connectivity index (χ2v) is 6.77.